The van der Waals surface area contributed by atoms with Crippen LogP contribution in [0.25, 0.3) is 16.4 Å². The fourth-order valence-corrected chi connectivity index (χ4v) is 13.7. The Labute approximate surface area is 436 Å². The summed E-state index contributed by atoms with van der Waals surface area (Å²) in [5, 5.41) is 5.55. The number of nitrogens with zero attached hydrogens (tertiary/aromatic N) is 7. The smallest absolute Gasteiger partial charge is 0.279 e. The Balaban J connectivity index is 0.000000182. The number of rotatable bonds is 15. The highest BCUT2D eigenvalue weighted by atomic mass is 32.2. The zero-order valence-electron chi connectivity index (χ0n) is 43.9. The van der Waals surface area contributed by atoms with Crippen molar-refractivity contribution in [3.05, 3.63) is 65.9 Å². The molecule has 408 valence electrons. The van der Waals surface area contributed by atoms with Crippen molar-refractivity contribution in [3.63, 3.8) is 0 Å². The van der Waals surface area contributed by atoms with E-state index in [1.54, 1.807) is 0 Å². The Kier molecular flexibility index (Phi) is 17.2. The van der Waals surface area contributed by atoms with Gasteiger partial charge in [-0.3, -0.25) is 14.3 Å². The van der Waals surface area contributed by atoms with Crippen LogP contribution in [-0.2, 0) is 51.1 Å². The molecule has 3 aromatic heterocycles. The lowest BCUT2D eigenvalue weighted by atomic mass is 9.79. The molecule has 0 radical (unpaired) electrons. The monoisotopic (exact) mass is 1070 g/mol. The first kappa shape index (κ1) is 54.7. The number of aryl methyl sites for hydroxylation is 2. The number of piperidine rings is 2. The topological polar surface area (TPSA) is 199 Å². The molecule has 3 aliphatic heterocycles. The van der Waals surface area contributed by atoms with E-state index in [-0.39, 0.29) is 43.4 Å². The lowest BCUT2D eigenvalue weighted by Crippen LogP contribution is -2.60. The van der Waals surface area contributed by atoms with Crippen LogP contribution >= 0.6 is 0 Å². The van der Waals surface area contributed by atoms with Gasteiger partial charge in [-0.25, -0.2) is 22.5 Å². The summed E-state index contributed by atoms with van der Waals surface area (Å²) >= 11 is 0. The van der Waals surface area contributed by atoms with Crippen LogP contribution in [0.2, 0.25) is 0 Å². The maximum Gasteiger partial charge on any atom is 0.279 e. The van der Waals surface area contributed by atoms with Gasteiger partial charge >= 0.3 is 0 Å². The van der Waals surface area contributed by atoms with Gasteiger partial charge in [0.2, 0.25) is 15.9 Å². The van der Waals surface area contributed by atoms with Crippen LogP contribution in [0.1, 0.15) is 119 Å². The molecule has 10 rings (SSSR count). The second-order valence-corrected chi connectivity index (χ2v) is 26.0. The molecule has 3 saturated heterocycles. The highest BCUT2D eigenvalue weighted by molar-refractivity contribution is 7.88. The summed E-state index contributed by atoms with van der Waals surface area (Å²) in [5.41, 5.74) is 3.24. The predicted octanol–water partition coefficient (Wildman–Crippen LogP) is 5.61. The van der Waals surface area contributed by atoms with Crippen molar-refractivity contribution in [2.75, 3.05) is 73.0 Å². The third-order valence-corrected chi connectivity index (χ3v) is 19.2. The van der Waals surface area contributed by atoms with Crippen molar-refractivity contribution in [1.29, 1.82) is 0 Å². The number of hydrogen-bond acceptors (Lipinski definition) is 11. The van der Waals surface area contributed by atoms with E-state index >= 15 is 0 Å². The van der Waals surface area contributed by atoms with Crippen molar-refractivity contribution < 1.29 is 45.0 Å². The van der Waals surface area contributed by atoms with E-state index in [1.807, 2.05) is 35.9 Å². The van der Waals surface area contributed by atoms with Crippen LogP contribution < -0.4 is 9.44 Å². The van der Waals surface area contributed by atoms with E-state index in [1.165, 1.54) is 39.8 Å². The summed E-state index contributed by atoms with van der Waals surface area (Å²) in [7, 11) is -2.03. The lowest BCUT2D eigenvalue weighted by molar-refractivity contribution is -0.155. The summed E-state index contributed by atoms with van der Waals surface area (Å²) in [4.78, 5) is 33.6. The number of benzene rings is 1. The number of carbonyl (C=O) groups is 2. The molecule has 74 heavy (non-hydrogen) atoms. The fourth-order valence-electron chi connectivity index (χ4n) is 12.1. The van der Waals surface area contributed by atoms with Crippen molar-refractivity contribution in [2.24, 2.45) is 24.8 Å². The molecular weight excluding hydrogens is 990 g/mol. The number of aromatic nitrogens is 4. The first-order valence-corrected chi connectivity index (χ1v) is 30.3. The lowest BCUT2D eigenvalue weighted by Gasteiger charge is -2.43. The Bertz CT molecular complexity index is 2800. The summed E-state index contributed by atoms with van der Waals surface area (Å²) in [6.45, 7) is 5.65. The molecule has 0 spiro atoms. The van der Waals surface area contributed by atoms with E-state index in [9.17, 15) is 30.8 Å². The minimum atomic E-state index is -3.61. The molecule has 3 saturated carbocycles. The zero-order valence-corrected chi connectivity index (χ0v) is 45.5. The van der Waals surface area contributed by atoms with E-state index in [4.69, 9.17) is 14.2 Å². The van der Waals surface area contributed by atoms with E-state index in [2.05, 4.69) is 60.5 Å². The van der Waals surface area contributed by atoms with Crippen LogP contribution in [0.5, 0.6) is 0 Å². The van der Waals surface area contributed by atoms with Crippen LogP contribution in [0.3, 0.4) is 0 Å². The van der Waals surface area contributed by atoms with Crippen molar-refractivity contribution in [1.82, 2.24) is 42.7 Å². The van der Waals surface area contributed by atoms with E-state index in [0.717, 1.165) is 87.3 Å². The molecule has 6 heterocycles. The molecular formula is C53H78FN9O9S2. The SMILES string of the molecule is CN(C)S(=O)(=O)NC1CCN(C(=O)[C@@H]2CCOC2)CC1OCC1CCC(c2ccc3c(cnn3C)c2)CC1.Cc1ncc2cc(C3CCC(COC4CN(C(=O)C5(F)CCC5)CCC4NS(C)(=O)=O)CC3)ccn12. The number of pyridine rings is 1. The number of imidazole rings is 1. The van der Waals surface area contributed by atoms with Gasteiger partial charge in [-0.15, -0.1) is 0 Å². The third-order valence-electron chi connectivity index (χ3n) is 16.9. The number of fused-ring (bicyclic) bond motifs is 2. The number of halogens is 1. The van der Waals surface area contributed by atoms with Crippen LogP contribution in [0, 0.1) is 24.7 Å². The number of hydrogen-bond donors (Lipinski definition) is 2. The number of alkyl halides is 1. The standard InChI is InChI=1S/C27H41N5O5S.C26H37FN4O4S/c1-30(2)38(34,35)29-24-10-12-32(27(33)22-11-13-36-18-22)16-26(24)37-17-19-4-6-20(7-5-19)21-8-9-25-23(14-21)15-28-31(25)3;1-18-28-15-22-14-21(8-13-31(18)22)20-6-4-19(5-7-20)17-35-24-16-30(25(32)26(27)10-3-11-26)12-9-23(24)29-36(2,33)34/h8-9,14-15,19-20,22,24,26,29H,4-7,10-13,16-18H2,1-3H3;8,13-15,19-20,23-24,29H,3-7,9-12,16-17H2,1-2H3/t19?,20?,22-,24?,26?;/m1./s1. The Morgan fingerprint density at radius 3 is 2.00 bits per heavy atom. The van der Waals surface area contributed by atoms with Gasteiger partial charge in [-0.1, -0.05) is 6.07 Å². The zero-order chi connectivity index (χ0) is 52.4. The first-order chi connectivity index (χ1) is 35.3. The minimum absolute atomic E-state index is 0.0936. The molecule has 2 amide bonds. The number of nitrogens with one attached hydrogen (secondary N) is 2. The molecule has 6 fully saturated rings. The molecule has 1 aromatic carbocycles. The van der Waals surface area contributed by atoms with Crippen molar-refractivity contribution in [2.45, 2.75) is 139 Å². The Morgan fingerprint density at radius 2 is 1.42 bits per heavy atom. The van der Waals surface area contributed by atoms with Gasteiger partial charge in [0, 0.05) is 78.7 Å². The van der Waals surface area contributed by atoms with Crippen molar-refractivity contribution >= 4 is 48.5 Å². The molecule has 4 unspecified atom stereocenters. The summed E-state index contributed by atoms with van der Waals surface area (Å²) in [5.74, 6) is 2.35. The Hall–Kier alpha value is -4.09. The quantitative estimate of drug-likeness (QED) is 0.150. The van der Waals surface area contributed by atoms with Gasteiger partial charge in [0.25, 0.3) is 16.1 Å². The molecule has 4 aromatic rings. The third kappa shape index (κ3) is 13.0. The second kappa shape index (κ2) is 23.3. The van der Waals surface area contributed by atoms with Gasteiger partial charge < -0.3 is 28.4 Å². The normalized spacial score (nSPS) is 28.8. The summed E-state index contributed by atoms with van der Waals surface area (Å²) in [6, 6.07) is 10.3. The number of ether oxygens (including phenoxy) is 3. The molecule has 6 aliphatic rings. The predicted molar refractivity (Wildman–Crippen MR) is 280 cm³/mol. The highest BCUT2D eigenvalue weighted by Crippen LogP contribution is 2.40. The maximum atomic E-state index is 14.8. The average molecular weight is 1070 g/mol. The molecule has 18 nitrogen and oxygen atoms in total. The van der Waals surface area contributed by atoms with E-state index in [0.29, 0.717) is 82.6 Å². The number of sulfonamides is 1. The number of likely N-dealkylation sites (tertiary alicyclic amines) is 2. The molecule has 0 bridgehead atoms. The molecule has 3 aliphatic carbocycles. The van der Waals surface area contributed by atoms with Gasteiger partial charge in [-0.05, 0) is 156 Å². The molecule has 21 heteroatoms. The second-order valence-electron chi connectivity index (χ2n) is 22.3. The average Bonchev–Trinajstić information content (AvgIpc) is 4.15. The van der Waals surface area contributed by atoms with Gasteiger partial charge in [0.15, 0.2) is 5.67 Å². The molecule has 2 N–H and O–H groups in total. The van der Waals surface area contributed by atoms with Crippen LogP contribution in [-0.4, -0.2) is 165 Å². The number of carbonyl (C=O) groups excluding carboxylic acids is 2. The summed E-state index contributed by atoms with van der Waals surface area (Å²) < 4.78 is 92.6. The van der Waals surface area contributed by atoms with Crippen LogP contribution in [0.4, 0.5) is 4.39 Å². The molecule has 5 atom stereocenters. The van der Waals surface area contributed by atoms with E-state index < -0.39 is 44.0 Å². The minimum Gasteiger partial charge on any atom is -0.381 e. The Morgan fingerprint density at radius 1 is 0.811 bits per heavy atom. The van der Waals surface area contributed by atoms with Gasteiger partial charge in [0.05, 0.1) is 66.5 Å². The largest absolute Gasteiger partial charge is 0.381 e. The van der Waals surface area contributed by atoms with Crippen LogP contribution in [0.15, 0.2) is 48.9 Å². The summed E-state index contributed by atoms with van der Waals surface area (Å²) in [6.07, 6.45) is 17.7. The first-order valence-electron chi connectivity index (χ1n) is 26.9. The van der Waals surface area contributed by atoms with Gasteiger partial charge in [-0.2, -0.15) is 22.5 Å². The fraction of sp³-hybridized carbons (Fsp3) is 0.698. The van der Waals surface area contributed by atoms with Crippen molar-refractivity contribution in [3.8, 4) is 0 Å². The highest BCUT2D eigenvalue weighted by Gasteiger charge is 2.49. The maximum absolute atomic E-state index is 14.8. The number of amides is 2. The van der Waals surface area contributed by atoms with Gasteiger partial charge in [0.1, 0.15) is 5.82 Å².